The van der Waals surface area contributed by atoms with Crippen LogP contribution in [0.3, 0.4) is 0 Å². The number of pyridine rings is 1. The summed E-state index contributed by atoms with van der Waals surface area (Å²) >= 11 is 0. The molecule has 2 heterocycles. The number of hydrogen-bond donors (Lipinski definition) is 1. The van der Waals surface area contributed by atoms with E-state index in [1.807, 2.05) is 12.1 Å². The minimum Gasteiger partial charge on any atom is -0.478 e. The number of carboxylic acid groups (broad SMARTS) is 1. The van der Waals surface area contributed by atoms with E-state index in [0.717, 1.165) is 31.6 Å². The van der Waals surface area contributed by atoms with E-state index in [-0.39, 0.29) is 5.41 Å². The number of carboxylic acids is 1. The summed E-state index contributed by atoms with van der Waals surface area (Å²) in [5.74, 6) is -0.910. The lowest BCUT2D eigenvalue weighted by atomic mass is 9.75. The molecular weight excluding hydrogens is 254 g/mol. The quantitative estimate of drug-likeness (QED) is 0.912. The van der Waals surface area contributed by atoms with Gasteiger partial charge in [-0.15, -0.1) is 0 Å². The molecular formula is C16H17NO3. The maximum Gasteiger partial charge on any atom is 0.336 e. The largest absolute Gasteiger partial charge is 0.478 e. The van der Waals surface area contributed by atoms with Crippen LogP contribution in [0, 0.1) is 0 Å². The smallest absolute Gasteiger partial charge is 0.336 e. The summed E-state index contributed by atoms with van der Waals surface area (Å²) in [4.78, 5) is 15.6. The molecule has 104 valence electrons. The lowest BCUT2D eigenvalue weighted by Gasteiger charge is -2.34. The van der Waals surface area contributed by atoms with Crippen molar-refractivity contribution in [3.8, 4) is 0 Å². The van der Waals surface area contributed by atoms with Gasteiger partial charge in [-0.3, -0.25) is 4.98 Å². The number of ether oxygens (including phenoxy) is 1. The van der Waals surface area contributed by atoms with E-state index in [9.17, 15) is 9.90 Å². The molecule has 0 amide bonds. The fraction of sp³-hybridized carbons (Fsp3) is 0.375. The minimum atomic E-state index is -0.910. The highest BCUT2D eigenvalue weighted by molar-refractivity contribution is 6.02. The summed E-state index contributed by atoms with van der Waals surface area (Å²) < 4.78 is 5.43. The Morgan fingerprint density at radius 2 is 2.05 bits per heavy atom. The number of nitrogens with zero attached hydrogens (tertiary/aromatic N) is 1. The minimum absolute atomic E-state index is 0.0536. The first-order chi connectivity index (χ1) is 9.60. The van der Waals surface area contributed by atoms with Crippen LogP contribution in [-0.2, 0) is 10.2 Å². The summed E-state index contributed by atoms with van der Waals surface area (Å²) in [5, 5.41) is 10.0. The lowest BCUT2D eigenvalue weighted by molar-refractivity contribution is 0.0564. The molecule has 0 spiro atoms. The molecule has 0 atom stereocenters. The molecule has 0 unspecified atom stereocenters. The van der Waals surface area contributed by atoms with E-state index in [4.69, 9.17) is 4.74 Å². The van der Waals surface area contributed by atoms with E-state index in [0.29, 0.717) is 10.9 Å². The molecule has 1 N–H and O–H groups in total. The molecule has 4 nitrogen and oxygen atoms in total. The monoisotopic (exact) mass is 271 g/mol. The van der Waals surface area contributed by atoms with Crippen LogP contribution in [-0.4, -0.2) is 29.3 Å². The molecule has 2 aromatic rings. The number of aromatic carboxylic acids is 1. The number of hydrogen-bond acceptors (Lipinski definition) is 3. The van der Waals surface area contributed by atoms with Gasteiger partial charge in [0.15, 0.2) is 0 Å². The Morgan fingerprint density at radius 1 is 1.30 bits per heavy atom. The Labute approximate surface area is 117 Å². The van der Waals surface area contributed by atoms with Gasteiger partial charge in [0.2, 0.25) is 0 Å². The van der Waals surface area contributed by atoms with E-state index in [2.05, 4.69) is 18.0 Å². The molecule has 1 aromatic heterocycles. The molecule has 0 saturated carbocycles. The third-order valence-corrected chi connectivity index (χ3v) is 4.27. The Balaban J connectivity index is 2.14. The predicted molar refractivity (Wildman–Crippen MR) is 76.1 cm³/mol. The van der Waals surface area contributed by atoms with Crippen molar-refractivity contribution in [2.75, 3.05) is 13.2 Å². The standard InChI is InChI=1S/C16H17NO3/c1-16(5-8-20-9-6-16)11-2-3-14-13(10-11)12(15(18)19)4-7-17-14/h2-4,7,10H,5-6,8-9H2,1H3,(H,18,19). The molecule has 1 aromatic carbocycles. The zero-order valence-corrected chi connectivity index (χ0v) is 11.4. The van der Waals surface area contributed by atoms with Gasteiger partial charge in [0.1, 0.15) is 0 Å². The van der Waals surface area contributed by atoms with Crippen molar-refractivity contribution in [3.05, 3.63) is 41.6 Å². The molecule has 0 bridgehead atoms. The number of aromatic nitrogens is 1. The van der Waals surface area contributed by atoms with Crippen molar-refractivity contribution in [1.29, 1.82) is 0 Å². The molecule has 0 radical (unpaired) electrons. The Hall–Kier alpha value is -1.94. The normalized spacial score (nSPS) is 18.1. The van der Waals surface area contributed by atoms with Gasteiger partial charge in [-0.25, -0.2) is 4.79 Å². The van der Waals surface area contributed by atoms with Gasteiger partial charge < -0.3 is 9.84 Å². The van der Waals surface area contributed by atoms with Crippen LogP contribution >= 0.6 is 0 Å². The first kappa shape index (κ1) is 13.1. The van der Waals surface area contributed by atoms with Crippen molar-refractivity contribution >= 4 is 16.9 Å². The summed E-state index contributed by atoms with van der Waals surface area (Å²) in [6, 6.07) is 7.52. The van der Waals surface area contributed by atoms with Gasteiger partial charge in [-0.2, -0.15) is 0 Å². The van der Waals surface area contributed by atoms with Crippen molar-refractivity contribution in [1.82, 2.24) is 4.98 Å². The lowest BCUT2D eigenvalue weighted by Crippen LogP contribution is -2.30. The number of rotatable bonds is 2. The van der Waals surface area contributed by atoms with Crippen LogP contribution in [0.1, 0.15) is 35.7 Å². The number of carbonyl (C=O) groups is 1. The van der Waals surface area contributed by atoms with Gasteiger partial charge in [0.05, 0.1) is 11.1 Å². The zero-order chi connectivity index (χ0) is 14.2. The Kier molecular flexibility index (Phi) is 3.18. The van der Waals surface area contributed by atoms with E-state index in [1.54, 1.807) is 12.3 Å². The van der Waals surface area contributed by atoms with Gasteiger partial charge in [-0.1, -0.05) is 13.0 Å². The summed E-state index contributed by atoms with van der Waals surface area (Å²) in [5.41, 5.74) is 2.26. The SMILES string of the molecule is CC1(c2ccc3nccc(C(=O)O)c3c2)CCOCC1. The van der Waals surface area contributed by atoms with Crippen LogP contribution in [0.4, 0.5) is 0 Å². The van der Waals surface area contributed by atoms with Gasteiger partial charge in [-0.05, 0) is 42.0 Å². The highest BCUT2D eigenvalue weighted by Gasteiger charge is 2.29. The van der Waals surface area contributed by atoms with E-state index in [1.165, 1.54) is 5.56 Å². The van der Waals surface area contributed by atoms with Crippen LogP contribution in [0.25, 0.3) is 10.9 Å². The molecule has 1 fully saturated rings. The molecule has 3 rings (SSSR count). The first-order valence-electron chi connectivity index (χ1n) is 6.80. The average molecular weight is 271 g/mol. The van der Waals surface area contributed by atoms with Gasteiger partial charge in [0, 0.05) is 24.8 Å². The summed E-state index contributed by atoms with van der Waals surface area (Å²) in [6.07, 6.45) is 3.46. The maximum atomic E-state index is 11.3. The molecule has 1 aliphatic rings. The average Bonchev–Trinajstić information content (AvgIpc) is 2.46. The fourth-order valence-electron chi connectivity index (χ4n) is 2.82. The van der Waals surface area contributed by atoms with Crippen molar-refractivity contribution in [3.63, 3.8) is 0 Å². The van der Waals surface area contributed by atoms with Crippen molar-refractivity contribution in [2.45, 2.75) is 25.2 Å². The second-order valence-electron chi connectivity index (χ2n) is 5.57. The van der Waals surface area contributed by atoms with Crippen LogP contribution < -0.4 is 0 Å². The van der Waals surface area contributed by atoms with Gasteiger partial charge in [0.25, 0.3) is 0 Å². The molecule has 1 saturated heterocycles. The summed E-state index contributed by atoms with van der Waals surface area (Å²) in [7, 11) is 0. The number of benzene rings is 1. The summed E-state index contributed by atoms with van der Waals surface area (Å²) in [6.45, 7) is 3.73. The predicted octanol–water partition coefficient (Wildman–Crippen LogP) is 3.00. The highest BCUT2D eigenvalue weighted by Crippen LogP contribution is 2.35. The van der Waals surface area contributed by atoms with E-state index < -0.39 is 5.97 Å². The van der Waals surface area contributed by atoms with Crippen LogP contribution in [0.2, 0.25) is 0 Å². The molecule has 0 aliphatic carbocycles. The molecule has 1 aliphatic heterocycles. The second-order valence-corrected chi connectivity index (χ2v) is 5.57. The third-order valence-electron chi connectivity index (χ3n) is 4.27. The Morgan fingerprint density at radius 3 is 2.75 bits per heavy atom. The number of fused-ring (bicyclic) bond motifs is 1. The van der Waals surface area contributed by atoms with E-state index >= 15 is 0 Å². The fourth-order valence-corrected chi connectivity index (χ4v) is 2.82. The second kappa shape index (κ2) is 4.87. The van der Waals surface area contributed by atoms with Crippen LogP contribution in [0.15, 0.2) is 30.5 Å². The first-order valence-corrected chi connectivity index (χ1v) is 6.80. The van der Waals surface area contributed by atoms with Crippen molar-refractivity contribution in [2.24, 2.45) is 0 Å². The molecule has 20 heavy (non-hydrogen) atoms. The third kappa shape index (κ3) is 2.16. The highest BCUT2D eigenvalue weighted by atomic mass is 16.5. The zero-order valence-electron chi connectivity index (χ0n) is 11.4. The Bertz CT molecular complexity index is 660. The van der Waals surface area contributed by atoms with Crippen LogP contribution in [0.5, 0.6) is 0 Å². The maximum absolute atomic E-state index is 11.3. The van der Waals surface area contributed by atoms with Gasteiger partial charge >= 0.3 is 5.97 Å². The van der Waals surface area contributed by atoms with Crippen molar-refractivity contribution < 1.29 is 14.6 Å². The molecule has 4 heteroatoms. The topological polar surface area (TPSA) is 59.4 Å².